The first kappa shape index (κ1) is 19.7. The largest absolute Gasteiger partial charge is 0.337 e. The number of amides is 1. The smallest absolute Gasteiger partial charge is 0.269 e. The first-order valence-electron chi connectivity index (χ1n) is 9.11. The van der Waals surface area contributed by atoms with Crippen molar-refractivity contribution in [3.05, 3.63) is 81.7 Å². The predicted octanol–water partition coefficient (Wildman–Crippen LogP) is 3.48. The first-order valence-corrected chi connectivity index (χ1v) is 9.11. The second kappa shape index (κ2) is 8.75. The molecular formula is C21H22FN3O3. The lowest BCUT2D eigenvalue weighted by molar-refractivity contribution is -0.384. The third-order valence-corrected chi connectivity index (χ3v) is 4.85. The van der Waals surface area contributed by atoms with Gasteiger partial charge in [0, 0.05) is 50.9 Å². The van der Waals surface area contributed by atoms with Gasteiger partial charge in [0.2, 0.25) is 5.91 Å². The molecule has 1 saturated heterocycles. The average molecular weight is 383 g/mol. The summed E-state index contributed by atoms with van der Waals surface area (Å²) in [6.45, 7) is 5.06. The van der Waals surface area contributed by atoms with E-state index in [1.165, 1.54) is 18.2 Å². The SMILES string of the molecule is C/C(=C/C(=O)N1CCN(Cc2cccc([N+](=O)[O-])c2)CC1)c1ccc(F)cc1. The molecule has 2 aromatic rings. The Morgan fingerprint density at radius 1 is 1.14 bits per heavy atom. The van der Waals surface area contributed by atoms with Crippen molar-refractivity contribution >= 4 is 17.2 Å². The molecule has 1 fully saturated rings. The molecule has 1 aliphatic heterocycles. The van der Waals surface area contributed by atoms with Crippen LogP contribution >= 0.6 is 0 Å². The minimum atomic E-state index is -0.393. The number of non-ortho nitro benzene ring substituents is 1. The van der Waals surface area contributed by atoms with Crippen molar-refractivity contribution in [3.63, 3.8) is 0 Å². The van der Waals surface area contributed by atoms with Crippen LogP contribution in [0.25, 0.3) is 5.57 Å². The average Bonchev–Trinajstić information content (AvgIpc) is 2.69. The van der Waals surface area contributed by atoms with E-state index in [1.807, 2.05) is 13.0 Å². The molecule has 0 N–H and O–H groups in total. The normalized spacial score (nSPS) is 15.5. The van der Waals surface area contributed by atoms with Crippen LogP contribution in [-0.4, -0.2) is 46.8 Å². The van der Waals surface area contributed by atoms with E-state index in [4.69, 9.17) is 0 Å². The molecule has 0 saturated carbocycles. The number of nitrogens with zero attached hydrogens (tertiary/aromatic N) is 3. The van der Waals surface area contributed by atoms with Gasteiger partial charge in [-0.1, -0.05) is 24.3 Å². The lowest BCUT2D eigenvalue weighted by Crippen LogP contribution is -2.47. The number of allylic oxidation sites excluding steroid dienone is 1. The highest BCUT2D eigenvalue weighted by atomic mass is 19.1. The summed E-state index contributed by atoms with van der Waals surface area (Å²) in [6, 6.07) is 12.7. The fraction of sp³-hybridized carbons (Fsp3) is 0.286. The van der Waals surface area contributed by atoms with Gasteiger partial charge >= 0.3 is 0 Å². The lowest BCUT2D eigenvalue weighted by Gasteiger charge is -2.34. The summed E-state index contributed by atoms with van der Waals surface area (Å²) < 4.78 is 13.0. The molecule has 0 atom stereocenters. The van der Waals surface area contributed by atoms with E-state index in [-0.39, 0.29) is 17.4 Å². The summed E-state index contributed by atoms with van der Waals surface area (Å²) in [4.78, 5) is 27.0. The number of carbonyl (C=O) groups is 1. The van der Waals surface area contributed by atoms with Gasteiger partial charge in [-0.05, 0) is 35.8 Å². The molecule has 2 aromatic carbocycles. The highest BCUT2D eigenvalue weighted by molar-refractivity contribution is 5.94. The van der Waals surface area contributed by atoms with Gasteiger partial charge in [-0.2, -0.15) is 0 Å². The summed E-state index contributed by atoms with van der Waals surface area (Å²) >= 11 is 0. The maximum absolute atomic E-state index is 13.0. The van der Waals surface area contributed by atoms with Gasteiger partial charge in [-0.15, -0.1) is 0 Å². The van der Waals surface area contributed by atoms with E-state index < -0.39 is 4.92 Å². The van der Waals surface area contributed by atoms with Crippen molar-refractivity contribution in [3.8, 4) is 0 Å². The number of halogens is 1. The topological polar surface area (TPSA) is 66.7 Å². The number of nitro benzene ring substituents is 1. The molecule has 0 spiro atoms. The Labute approximate surface area is 163 Å². The second-order valence-electron chi connectivity index (χ2n) is 6.86. The molecule has 1 amide bonds. The van der Waals surface area contributed by atoms with Crippen LogP contribution in [0.15, 0.2) is 54.6 Å². The van der Waals surface area contributed by atoms with Crippen molar-refractivity contribution in [1.29, 1.82) is 0 Å². The van der Waals surface area contributed by atoms with Crippen molar-refractivity contribution in [2.24, 2.45) is 0 Å². The molecule has 3 rings (SSSR count). The molecule has 6 nitrogen and oxygen atoms in total. The van der Waals surface area contributed by atoms with Gasteiger partial charge in [0.1, 0.15) is 5.82 Å². The molecule has 1 heterocycles. The molecule has 146 valence electrons. The molecule has 0 bridgehead atoms. The Hall–Kier alpha value is -3.06. The number of hydrogen-bond acceptors (Lipinski definition) is 4. The second-order valence-corrected chi connectivity index (χ2v) is 6.86. The van der Waals surface area contributed by atoms with E-state index in [2.05, 4.69) is 4.90 Å². The first-order chi connectivity index (χ1) is 13.4. The molecule has 0 aliphatic carbocycles. The molecule has 0 radical (unpaired) electrons. The standard InChI is InChI=1S/C21H22FN3O3/c1-16(18-5-7-19(22)8-6-18)13-21(26)24-11-9-23(10-12-24)15-17-3-2-4-20(14-17)25(27)28/h2-8,13-14H,9-12,15H2,1H3/b16-13-. The third kappa shape index (κ3) is 5.01. The Kier molecular flexibility index (Phi) is 6.16. The van der Waals surface area contributed by atoms with Gasteiger partial charge in [0.05, 0.1) is 4.92 Å². The van der Waals surface area contributed by atoms with Gasteiger partial charge < -0.3 is 4.90 Å². The van der Waals surface area contributed by atoms with Crippen LogP contribution in [0.3, 0.4) is 0 Å². The van der Waals surface area contributed by atoms with Crippen LogP contribution in [0, 0.1) is 15.9 Å². The molecule has 0 aromatic heterocycles. The highest BCUT2D eigenvalue weighted by Gasteiger charge is 2.20. The van der Waals surface area contributed by atoms with E-state index in [0.29, 0.717) is 32.7 Å². The highest BCUT2D eigenvalue weighted by Crippen LogP contribution is 2.17. The van der Waals surface area contributed by atoms with Crippen LogP contribution in [0.1, 0.15) is 18.1 Å². The van der Waals surface area contributed by atoms with E-state index in [0.717, 1.165) is 16.7 Å². The number of nitro groups is 1. The van der Waals surface area contributed by atoms with Crippen molar-refractivity contribution < 1.29 is 14.1 Å². The summed E-state index contributed by atoms with van der Waals surface area (Å²) in [5.41, 5.74) is 2.59. The van der Waals surface area contributed by atoms with Crippen LogP contribution in [-0.2, 0) is 11.3 Å². The minimum absolute atomic E-state index is 0.0585. The molecular weight excluding hydrogens is 361 g/mol. The molecule has 0 unspecified atom stereocenters. The zero-order valence-electron chi connectivity index (χ0n) is 15.7. The number of rotatable bonds is 5. The van der Waals surface area contributed by atoms with Gasteiger partial charge in [-0.25, -0.2) is 4.39 Å². The predicted molar refractivity (Wildman–Crippen MR) is 105 cm³/mol. The van der Waals surface area contributed by atoms with E-state index in [1.54, 1.807) is 35.2 Å². The number of hydrogen-bond donors (Lipinski definition) is 0. The van der Waals surface area contributed by atoms with Gasteiger partial charge in [0.15, 0.2) is 0 Å². The van der Waals surface area contributed by atoms with Crippen LogP contribution in [0.2, 0.25) is 0 Å². The molecule has 7 heteroatoms. The van der Waals surface area contributed by atoms with E-state index >= 15 is 0 Å². The molecule has 28 heavy (non-hydrogen) atoms. The van der Waals surface area contributed by atoms with Crippen molar-refractivity contribution in [1.82, 2.24) is 9.80 Å². The van der Waals surface area contributed by atoms with Crippen molar-refractivity contribution in [2.45, 2.75) is 13.5 Å². The number of benzene rings is 2. The Bertz CT molecular complexity index is 888. The lowest BCUT2D eigenvalue weighted by atomic mass is 10.1. The Balaban J connectivity index is 1.55. The van der Waals surface area contributed by atoms with Gasteiger partial charge in [0.25, 0.3) is 5.69 Å². The monoisotopic (exact) mass is 383 g/mol. The Morgan fingerprint density at radius 2 is 1.82 bits per heavy atom. The fourth-order valence-electron chi connectivity index (χ4n) is 3.23. The molecule has 1 aliphatic rings. The summed E-state index contributed by atoms with van der Waals surface area (Å²) in [7, 11) is 0. The van der Waals surface area contributed by atoms with Crippen LogP contribution < -0.4 is 0 Å². The summed E-state index contributed by atoms with van der Waals surface area (Å²) in [5, 5.41) is 10.9. The zero-order valence-corrected chi connectivity index (χ0v) is 15.7. The number of carbonyl (C=O) groups excluding carboxylic acids is 1. The van der Waals surface area contributed by atoms with Gasteiger partial charge in [-0.3, -0.25) is 19.8 Å². The maximum atomic E-state index is 13.0. The Morgan fingerprint density at radius 3 is 2.46 bits per heavy atom. The van der Waals surface area contributed by atoms with Crippen LogP contribution in [0.5, 0.6) is 0 Å². The summed E-state index contributed by atoms with van der Waals surface area (Å²) in [6.07, 6.45) is 1.59. The number of piperazine rings is 1. The third-order valence-electron chi connectivity index (χ3n) is 4.85. The summed E-state index contributed by atoms with van der Waals surface area (Å²) in [5.74, 6) is -0.362. The van der Waals surface area contributed by atoms with Crippen LogP contribution in [0.4, 0.5) is 10.1 Å². The zero-order chi connectivity index (χ0) is 20.1. The fourth-order valence-corrected chi connectivity index (χ4v) is 3.23. The van der Waals surface area contributed by atoms with Crippen molar-refractivity contribution in [2.75, 3.05) is 26.2 Å². The maximum Gasteiger partial charge on any atom is 0.269 e. The van der Waals surface area contributed by atoms with E-state index in [9.17, 15) is 19.3 Å². The minimum Gasteiger partial charge on any atom is -0.337 e. The quantitative estimate of drug-likeness (QED) is 0.450.